The summed E-state index contributed by atoms with van der Waals surface area (Å²) in [4.78, 5) is 23.9. The van der Waals surface area contributed by atoms with Gasteiger partial charge in [-0.25, -0.2) is 14.9 Å². The lowest BCUT2D eigenvalue weighted by Gasteiger charge is -2.12. The Labute approximate surface area is 161 Å². The number of carbonyl (C=O) groups is 2. The average molecular weight is 405 g/mol. The summed E-state index contributed by atoms with van der Waals surface area (Å²) in [6.45, 7) is 0. The summed E-state index contributed by atoms with van der Waals surface area (Å²) in [5.74, 6) is -1.68. The molecular weight excluding hydrogens is 391 g/mol. The number of nitrogens with one attached hydrogen (secondary N) is 3. The third-order valence-electron chi connectivity index (χ3n) is 3.69. The van der Waals surface area contributed by atoms with Crippen LogP contribution in [0.1, 0.15) is 16.1 Å². The zero-order chi connectivity index (χ0) is 21.0. The van der Waals surface area contributed by atoms with E-state index in [2.05, 4.69) is 15.8 Å². The summed E-state index contributed by atoms with van der Waals surface area (Å²) < 4.78 is 40.2. The smallest absolute Gasteiger partial charge is 0.418 e. The van der Waals surface area contributed by atoms with Gasteiger partial charge in [0, 0.05) is 5.69 Å². The molecule has 0 saturated heterocycles. The van der Waals surface area contributed by atoms with Gasteiger partial charge in [0.1, 0.15) is 0 Å². The molecule has 0 atom stereocenters. The van der Waals surface area contributed by atoms with Crippen molar-refractivity contribution in [3.63, 3.8) is 0 Å². The number of benzene rings is 2. The molecule has 0 aliphatic heterocycles. The van der Waals surface area contributed by atoms with Gasteiger partial charge in [0.15, 0.2) is 11.4 Å². The Hall–Kier alpha value is -4.02. The van der Waals surface area contributed by atoms with E-state index in [1.54, 1.807) is 30.3 Å². The molecule has 3 aromatic rings. The van der Waals surface area contributed by atoms with E-state index in [9.17, 15) is 27.9 Å². The minimum absolute atomic E-state index is 0.371. The molecule has 2 aromatic carbocycles. The maximum absolute atomic E-state index is 13.2. The Morgan fingerprint density at radius 3 is 2.31 bits per heavy atom. The molecule has 8 nitrogen and oxygen atoms in total. The number of nitrogens with zero attached hydrogens (tertiary/aromatic N) is 2. The van der Waals surface area contributed by atoms with Gasteiger partial charge in [-0.05, 0) is 24.3 Å². The van der Waals surface area contributed by atoms with Crippen molar-refractivity contribution in [2.24, 2.45) is 0 Å². The Morgan fingerprint density at radius 2 is 1.62 bits per heavy atom. The summed E-state index contributed by atoms with van der Waals surface area (Å²) in [5, 5.41) is 16.0. The number of aromatic hydroxyl groups is 1. The first-order valence-electron chi connectivity index (χ1n) is 8.13. The molecule has 0 aliphatic carbocycles. The normalized spacial score (nSPS) is 11.0. The molecule has 0 bridgehead atoms. The van der Waals surface area contributed by atoms with Crippen LogP contribution in [0, 0.1) is 0 Å². The number of anilines is 1. The standard InChI is InChI=1S/C18H14F3N5O3/c19-18(20,21)12-8-4-5-9-13(12)26-10-14(27)15(25-26)16(28)23-24-17(29)22-11-6-2-1-3-7-11/h1-10,27H,(H,23,28)(H2,22,24,29). The fourth-order valence-corrected chi connectivity index (χ4v) is 2.42. The fraction of sp³-hybridized carbons (Fsp3) is 0.0556. The van der Waals surface area contributed by atoms with Crippen molar-refractivity contribution in [2.75, 3.05) is 5.32 Å². The van der Waals surface area contributed by atoms with Crippen LogP contribution < -0.4 is 16.2 Å². The van der Waals surface area contributed by atoms with E-state index in [0.29, 0.717) is 5.69 Å². The van der Waals surface area contributed by atoms with Crippen molar-refractivity contribution in [3.8, 4) is 11.4 Å². The number of aromatic nitrogens is 2. The highest BCUT2D eigenvalue weighted by Gasteiger charge is 2.34. The third-order valence-corrected chi connectivity index (χ3v) is 3.69. The molecule has 150 valence electrons. The number of hydrogen-bond acceptors (Lipinski definition) is 4. The predicted molar refractivity (Wildman–Crippen MR) is 96.3 cm³/mol. The minimum Gasteiger partial charge on any atom is -0.504 e. The SMILES string of the molecule is O=C(NNC(=O)c1nn(-c2ccccc2C(F)(F)F)cc1O)Nc1ccccc1. The van der Waals surface area contributed by atoms with Gasteiger partial charge >= 0.3 is 12.2 Å². The quantitative estimate of drug-likeness (QED) is 0.502. The lowest BCUT2D eigenvalue weighted by atomic mass is 10.2. The molecule has 11 heteroatoms. The molecule has 0 aliphatic rings. The van der Waals surface area contributed by atoms with Crippen molar-refractivity contribution in [1.29, 1.82) is 0 Å². The lowest BCUT2D eigenvalue weighted by Crippen LogP contribution is -2.44. The van der Waals surface area contributed by atoms with E-state index in [4.69, 9.17) is 0 Å². The maximum atomic E-state index is 13.2. The topological polar surface area (TPSA) is 108 Å². The highest BCUT2D eigenvalue weighted by atomic mass is 19.4. The van der Waals surface area contributed by atoms with Crippen molar-refractivity contribution in [1.82, 2.24) is 20.6 Å². The molecule has 1 heterocycles. The molecular formula is C18H14F3N5O3. The Bertz CT molecular complexity index is 1030. The van der Waals surface area contributed by atoms with Gasteiger partial charge in [-0.2, -0.15) is 18.3 Å². The zero-order valence-corrected chi connectivity index (χ0v) is 14.6. The van der Waals surface area contributed by atoms with Crippen LogP contribution in [-0.4, -0.2) is 26.8 Å². The molecule has 4 N–H and O–H groups in total. The summed E-state index contributed by atoms with van der Waals surface area (Å²) in [7, 11) is 0. The number of alkyl halides is 3. The number of hydrazine groups is 1. The Morgan fingerprint density at radius 1 is 0.966 bits per heavy atom. The van der Waals surface area contributed by atoms with Gasteiger partial charge in [0.05, 0.1) is 17.4 Å². The zero-order valence-electron chi connectivity index (χ0n) is 14.6. The first kappa shape index (κ1) is 19.7. The number of para-hydroxylation sites is 2. The molecule has 0 fully saturated rings. The Kier molecular flexibility index (Phi) is 5.39. The molecule has 0 radical (unpaired) electrons. The van der Waals surface area contributed by atoms with E-state index in [-0.39, 0.29) is 5.69 Å². The molecule has 0 spiro atoms. The Balaban J connectivity index is 1.72. The predicted octanol–water partition coefficient (Wildman–Crippen LogP) is 3.06. The van der Waals surface area contributed by atoms with Gasteiger partial charge in [-0.15, -0.1) is 0 Å². The molecule has 1 aromatic heterocycles. The molecule has 3 amide bonds. The molecule has 0 saturated carbocycles. The monoisotopic (exact) mass is 405 g/mol. The van der Waals surface area contributed by atoms with E-state index >= 15 is 0 Å². The van der Waals surface area contributed by atoms with Gasteiger partial charge in [0.2, 0.25) is 0 Å². The van der Waals surface area contributed by atoms with Crippen LogP contribution in [0.15, 0.2) is 60.8 Å². The van der Waals surface area contributed by atoms with Gasteiger partial charge < -0.3 is 10.4 Å². The lowest BCUT2D eigenvalue weighted by molar-refractivity contribution is -0.137. The van der Waals surface area contributed by atoms with Crippen LogP contribution in [0.4, 0.5) is 23.7 Å². The van der Waals surface area contributed by atoms with Gasteiger partial charge in [-0.3, -0.25) is 10.2 Å². The highest BCUT2D eigenvalue weighted by Crippen LogP contribution is 2.34. The van der Waals surface area contributed by atoms with Crippen LogP contribution >= 0.6 is 0 Å². The summed E-state index contributed by atoms with van der Waals surface area (Å²) in [6.07, 6.45) is -3.79. The number of hydrogen-bond donors (Lipinski definition) is 4. The fourth-order valence-electron chi connectivity index (χ4n) is 2.42. The average Bonchev–Trinajstić information content (AvgIpc) is 3.08. The third kappa shape index (κ3) is 4.64. The summed E-state index contributed by atoms with van der Waals surface area (Å²) in [5.41, 5.74) is 2.60. The van der Waals surface area contributed by atoms with Crippen LogP contribution in [0.5, 0.6) is 5.75 Å². The van der Waals surface area contributed by atoms with Crippen LogP contribution in [-0.2, 0) is 6.18 Å². The second-order valence-corrected chi connectivity index (χ2v) is 5.72. The van der Waals surface area contributed by atoms with Crippen molar-refractivity contribution < 1.29 is 27.9 Å². The number of urea groups is 1. The van der Waals surface area contributed by atoms with E-state index in [1.165, 1.54) is 12.1 Å². The maximum Gasteiger partial charge on any atom is 0.418 e. The second-order valence-electron chi connectivity index (χ2n) is 5.72. The second kappa shape index (κ2) is 7.92. The molecule has 3 rings (SSSR count). The van der Waals surface area contributed by atoms with E-state index in [0.717, 1.165) is 23.0 Å². The summed E-state index contributed by atoms with van der Waals surface area (Å²) >= 11 is 0. The summed E-state index contributed by atoms with van der Waals surface area (Å²) in [6, 6.07) is 12.2. The van der Waals surface area contributed by atoms with Gasteiger partial charge in [-0.1, -0.05) is 30.3 Å². The van der Waals surface area contributed by atoms with E-state index < -0.39 is 35.1 Å². The van der Waals surface area contributed by atoms with Crippen LogP contribution in [0.2, 0.25) is 0 Å². The minimum atomic E-state index is -4.66. The molecule has 29 heavy (non-hydrogen) atoms. The van der Waals surface area contributed by atoms with Crippen molar-refractivity contribution >= 4 is 17.6 Å². The van der Waals surface area contributed by atoms with Crippen molar-refractivity contribution in [2.45, 2.75) is 6.18 Å². The number of carbonyl (C=O) groups excluding carboxylic acids is 2. The number of rotatable bonds is 3. The number of amides is 3. The van der Waals surface area contributed by atoms with Crippen LogP contribution in [0.3, 0.4) is 0 Å². The van der Waals surface area contributed by atoms with Gasteiger partial charge in [0.25, 0.3) is 5.91 Å². The van der Waals surface area contributed by atoms with Crippen LogP contribution in [0.25, 0.3) is 5.69 Å². The first-order valence-corrected chi connectivity index (χ1v) is 8.13. The molecule has 0 unspecified atom stereocenters. The van der Waals surface area contributed by atoms with Crippen molar-refractivity contribution in [3.05, 3.63) is 72.1 Å². The number of halogens is 3. The first-order chi connectivity index (χ1) is 13.8. The highest BCUT2D eigenvalue weighted by molar-refractivity contribution is 5.97. The largest absolute Gasteiger partial charge is 0.504 e. The van der Waals surface area contributed by atoms with E-state index in [1.807, 2.05) is 5.43 Å².